The van der Waals surface area contributed by atoms with Crippen molar-refractivity contribution in [1.29, 1.82) is 0 Å². The fraction of sp³-hybridized carbons (Fsp3) is 0.353. The molecule has 1 atom stereocenters. The molecule has 122 valence electrons. The van der Waals surface area contributed by atoms with Gasteiger partial charge in [-0.05, 0) is 36.6 Å². The molecule has 0 bridgehead atoms. The molecule has 1 unspecified atom stereocenters. The lowest BCUT2D eigenvalue weighted by Crippen LogP contribution is -2.51. The number of carbonyl (C=O) groups excluding carboxylic acids is 1. The number of rotatable bonds is 2. The van der Waals surface area contributed by atoms with Crippen molar-refractivity contribution in [3.8, 4) is 0 Å². The minimum atomic E-state index is -0.256. The van der Waals surface area contributed by atoms with Gasteiger partial charge in [-0.3, -0.25) is 5.01 Å². The third-order valence-corrected chi connectivity index (χ3v) is 4.19. The molecule has 1 aliphatic carbocycles. The van der Waals surface area contributed by atoms with E-state index in [2.05, 4.69) is 10.7 Å². The first-order chi connectivity index (χ1) is 11.1. The van der Waals surface area contributed by atoms with Crippen LogP contribution in [0, 0.1) is 5.82 Å². The van der Waals surface area contributed by atoms with Gasteiger partial charge in [-0.15, -0.1) is 0 Å². The van der Waals surface area contributed by atoms with E-state index in [1.165, 1.54) is 12.1 Å². The Morgan fingerprint density at radius 2 is 2.09 bits per heavy atom. The van der Waals surface area contributed by atoms with Crippen LogP contribution in [0.1, 0.15) is 30.7 Å². The second-order valence-electron chi connectivity index (χ2n) is 5.85. The highest BCUT2D eigenvalue weighted by atomic mass is 19.1. The zero-order valence-corrected chi connectivity index (χ0v) is 12.9. The number of amides is 2. The summed E-state index contributed by atoms with van der Waals surface area (Å²) in [5.74, 6) is -0.180. The zero-order valence-electron chi connectivity index (χ0n) is 12.9. The third-order valence-electron chi connectivity index (χ3n) is 4.19. The highest BCUT2D eigenvalue weighted by molar-refractivity contribution is 5.76. The Kier molecular flexibility index (Phi) is 4.62. The van der Waals surface area contributed by atoms with Crippen molar-refractivity contribution in [3.05, 3.63) is 59.2 Å². The molecule has 3 rings (SSSR count). The smallest absolute Gasteiger partial charge is 0.335 e. The molecule has 0 radical (unpaired) electrons. The van der Waals surface area contributed by atoms with Crippen LogP contribution in [0.15, 0.2) is 47.8 Å². The van der Waals surface area contributed by atoms with E-state index in [0.717, 1.165) is 24.9 Å². The molecule has 1 aliphatic heterocycles. The average Bonchev–Trinajstić information content (AvgIpc) is 2.58. The van der Waals surface area contributed by atoms with E-state index in [9.17, 15) is 9.18 Å². The first kappa shape index (κ1) is 15.6. The van der Waals surface area contributed by atoms with E-state index in [-0.39, 0.29) is 17.8 Å². The van der Waals surface area contributed by atoms with E-state index in [1.54, 1.807) is 23.2 Å². The number of urea groups is 1. The second-order valence-corrected chi connectivity index (χ2v) is 5.85. The number of nitrogens with two attached hydrogens (primary N) is 1. The summed E-state index contributed by atoms with van der Waals surface area (Å²) in [6, 6.07) is 6.23. The van der Waals surface area contributed by atoms with Gasteiger partial charge in [-0.25, -0.2) is 14.6 Å². The molecular formula is C17H21FN4O. The quantitative estimate of drug-likeness (QED) is 0.784. The monoisotopic (exact) mass is 316 g/mol. The van der Waals surface area contributed by atoms with E-state index in [4.69, 9.17) is 5.73 Å². The highest BCUT2D eigenvalue weighted by Gasteiger charge is 2.22. The van der Waals surface area contributed by atoms with Crippen molar-refractivity contribution in [2.24, 2.45) is 5.73 Å². The number of benzene rings is 1. The lowest BCUT2D eigenvalue weighted by atomic mass is 9.90. The second kappa shape index (κ2) is 6.83. The van der Waals surface area contributed by atoms with Crippen LogP contribution in [0.25, 0.3) is 0 Å². The number of hydrazine groups is 1. The lowest BCUT2D eigenvalue weighted by Gasteiger charge is -2.29. The van der Waals surface area contributed by atoms with Crippen LogP contribution in [-0.2, 0) is 0 Å². The first-order valence-electron chi connectivity index (χ1n) is 7.88. The van der Waals surface area contributed by atoms with Crippen molar-refractivity contribution in [1.82, 2.24) is 15.8 Å². The lowest BCUT2D eigenvalue weighted by molar-refractivity contribution is 0.156. The van der Waals surface area contributed by atoms with Crippen molar-refractivity contribution in [3.63, 3.8) is 0 Å². The van der Waals surface area contributed by atoms with E-state index >= 15 is 0 Å². The van der Waals surface area contributed by atoms with E-state index < -0.39 is 0 Å². The SMILES string of the molecule is NC1=C(NC(=O)N2CCCCN2)CC(c2ccc(F)cc2)C=C1. The Hall–Kier alpha value is -2.34. The summed E-state index contributed by atoms with van der Waals surface area (Å²) in [5, 5.41) is 4.50. The zero-order chi connectivity index (χ0) is 16.2. The van der Waals surface area contributed by atoms with Gasteiger partial charge in [0.1, 0.15) is 5.82 Å². The molecule has 1 aromatic rings. The fourth-order valence-electron chi connectivity index (χ4n) is 2.85. The van der Waals surface area contributed by atoms with Gasteiger partial charge in [0.25, 0.3) is 0 Å². The van der Waals surface area contributed by atoms with E-state index in [0.29, 0.717) is 24.4 Å². The maximum Gasteiger partial charge on any atom is 0.335 e. The van der Waals surface area contributed by atoms with Gasteiger partial charge in [-0.1, -0.05) is 18.2 Å². The third kappa shape index (κ3) is 3.71. The van der Waals surface area contributed by atoms with Crippen LogP contribution in [0.5, 0.6) is 0 Å². The number of hydrogen-bond acceptors (Lipinski definition) is 3. The molecule has 0 aromatic heterocycles. The normalized spacial score (nSPS) is 21.4. The van der Waals surface area contributed by atoms with Crippen molar-refractivity contribution >= 4 is 6.03 Å². The molecule has 2 amide bonds. The molecular weight excluding hydrogens is 295 g/mol. The van der Waals surface area contributed by atoms with Crippen LogP contribution in [-0.4, -0.2) is 24.1 Å². The Morgan fingerprint density at radius 3 is 2.78 bits per heavy atom. The number of nitrogens with one attached hydrogen (secondary N) is 2. The Morgan fingerprint density at radius 1 is 1.30 bits per heavy atom. The van der Waals surface area contributed by atoms with Crippen LogP contribution >= 0.6 is 0 Å². The van der Waals surface area contributed by atoms with E-state index in [1.807, 2.05) is 6.08 Å². The van der Waals surface area contributed by atoms with Gasteiger partial charge in [-0.2, -0.15) is 0 Å². The molecule has 0 spiro atoms. The molecule has 4 N–H and O–H groups in total. The van der Waals surface area contributed by atoms with Crippen LogP contribution in [0.4, 0.5) is 9.18 Å². The molecule has 2 aliphatic rings. The average molecular weight is 316 g/mol. The van der Waals surface area contributed by atoms with Crippen LogP contribution in [0.2, 0.25) is 0 Å². The molecule has 5 nitrogen and oxygen atoms in total. The molecule has 1 aromatic carbocycles. The summed E-state index contributed by atoms with van der Waals surface area (Å²) >= 11 is 0. The molecule has 23 heavy (non-hydrogen) atoms. The molecule has 1 fully saturated rings. The molecule has 1 saturated heterocycles. The Balaban J connectivity index is 1.67. The van der Waals surface area contributed by atoms with Gasteiger partial charge in [0.2, 0.25) is 0 Å². The summed E-state index contributed by atoms with van der Waals surface area (Å²) in [7, 11) is 0. The standard InChI is InChI=1S/C17H21FN4O/c18-14-6-3-12(4-7-14)13-5-8-15(19)16(11-13)21-17(23)22-10-2-1-9-20-22/h3-8,13,20H,1-2,9-11,19H2,(H,21,23). The van der Waals surface area contributed by atoms with Gasteiger partial charge in [0.15, 0.2) is 0 Å². The predicted octanol–water partition coefficient (Wildman–Crippen LogP) is 2.35. The Bertz CT molecular complexity index is 632. The minimum absolute atomic E-state index is 0.0764. The summed E-state index contributed by atoms with van der Waals surface area (Å²) in [5.41, 5.74) is 11.3. The first-order valence-corrected chi connectivity index (χ1v) is 7.88. The van der Waals surface area contributed by atoms with Gasteiger partial charge >= 0.3 is 6.03 Å². The molecule has 6 heteroatoms. The maximum atomic E-state index is 13.1. The summed E-state index contributed by atoms with van der Waals surface area (Å²) in [4.78, 5) is 12.3. The van der Waals surface area contributed by atoms with Gasteiger partial charge in [0.05, 0.1) is 5.70 Å². The summed E-state index contributed by atoms with van der Waals surface area (Å²) in [6.07, 6.45) is 6.44. The predicted molar refractivity (Wildman–Crippen MR) is 86.6 cm³/mol. The minimum Gasteiger partial charge on any atom is -0.397 e. The maximum absolute atomic E-state index is 13.1. The molecule has 0 saturated carbocycles. The number of nitrogens with zero attached hydrogens (tertiary/aromatic N) is 1. The fourth-order valence-corrected chi connectivity index (χ4v) is 2.85. The van der Waals surface area contributed by atoms with Gasteiger partial charge < -0.3 is 11.1 Å². The van der Waals surface area contributed by atoms with Crippen molar-refractivity contribution in [2.75, 3.05) is 13.1 Å². The topological polar surface area (TPSA) is 70.4 Å². The highest BCUT2D eigenvalue weighted by Crippen LogP contribution is 2.29. The number of hydrogen-bond donors (Lipinski definition) is 3. The van der Waals surface area contributed by atoms with Crippen molar-refractivity contribution in [2.45, 2.75) is 25.2 Å². The number of allylic oxidation sites excluding steroid dienone is 3. The summed E-state index contributed by atoms with van der Waals surface area (Å²) in [6.45, 7) is 1.50. The van der Waals surface area contributed by atoms with Crippen molar-refractivity contribution < 1.29 is 9.18 Å². The Labute approximate surface area is 135 Å². The van der Waals surface area contributed by atoms with Crippen LogP contribution in [0.3, 0.4) is 0 Å². The summed E-state index contributed by atoms with van der Waals surface area (Å²) < 4.78 is 13.1. The largest absolute Gasteiger partial charge is 0.397 e. The van der Waals surface area contributed by atoms with Gasteiger partial charge in [0, 0.05) is 31.1 Å². The molecule has 1 heterocycles. The number of halogens is 1. The van der Waals surface area contributed by atoms with Crippen LogP contribution < -0.4 is 16.5 Å². The number of carbonyl (C=O) groups is 1.